The largest absolute Gasteiger partial charge is 0.397 e. The van der Waals surface area contributed by atoms with Gasteiger partial charge in [-0.1, -0.05) is 19.1 Å². The molecule has 4 heteroatoms. The van der Waals surface area contributed by atoms with Crippen molar-refractivity contribution in [2.45, 2.75) is 18.9 Å². The third-order valence-electron chi connectivity index (χ3n) is 2.64. The molecule has 84 valence electrons. The van der Waals surface area contributed by atoms with E-state index in [1.807, 2.05) is 25.1 Å². The second-order valence-electron chi connectivity index (χ2n) is 3.66. The summed E-state index contributed by atoms with van der Waals surface area (Å²) in [4.78, 5) is 0. The van der Waals surface area contributed by atoms with Gasteiger partial charge in [0, 0.05) is 0 Å². The van der Waals surface area contributed by atoms with Gasteiger partial charge < -0.3 is 21.3 Å². The normalized spacial score (nSPS) is 11.4. The number of hydrogen-bond donors (Lipinski definition) is 4. The lowest BCUT2D eigenvalue weighted by atomic mass is 9.98. The summed E-state index contributed by atoms with van der Waals surface area (Å²) in [7, 11) is 0. The lowest BCUT2D eigenvalue weighted by molar-refractivity contribution is 0.132. The summed E-state index contributed by atoms with van der Waals surface area (Å²) in [6.07, 6.45) is 0.619. The minimum Gasteiger partial charge on any atom is -0.397 e. The van der Waals surface area contributed by atoms with Gasteiger partial charge in [0.15, 0.2) is 0 Å². The molecule has 0 fully saturated rings. The Hall–Kier alpha value is -1.26. The van der Waals surface area contributed by atoms with Gasteiger partial charge in [0.2, 0.25) is 0 Å². The van der Waals surface area contributed by atoms with E-state index in [0.717, 1.165) is 5.69 Å². The molecule has 5 N–H and O–H groups in total. The van der Waals surface area contributed by atoms with Crippen LogP contribution in [0.5, 0.6) is 0 Å². The van der Waals surface area contributed by atoms with Crippen molar-refractivity contribution in [3.8, 4) is 0 Å². The highest BCUT2D eigenvalue weighted by Crippen LogP contribution is 2.23. The van der Waals surface area contributed by atoms with Crippen molar-refractivity contribution in [1.82, 2.24) is 0 Å². The molecular formula is C11H18N2O2. The van der Waals surface area contributed by atoms with Crippen molar-refractivity contribution in [2.75, 3.05) is 24.3 Å². The molecule has 0 aliphatic rings. The van der Waals surface area contributed by atoms with E-state index in [9.17, 15) is 10.2 Å². The second-order valence-corrected chi connectivity index (χ2v) is 3.66. The molecule has 0 aliphatic heterocycles. The minimum atomic E-state index is -0.699. The van der Waals surface area contributed by atoms with Crippen LogP contribution in [0.1, 0.15) is 13.3 Å². The number of rotatable bonds is 5. The quantitative estimate of drug-likeness (QED) is 0.542. The molecule has 1 aromatic carbocycles. The van der Waals surface area contributed by atoms with E-state index in [4.69, 9.17) is 5.73 Å². The van der Waals surface area contributed by atoms with Crippen LogP contribution in [0, 0.1) is 0 Å². The van der Waals surface area contributed by atoms with Crippen molar-refractivity contribution in [2.24, 2.45) is 0 Å². The van der Waals surface area contributed by atoms with Gasteiger partial charge in [-0.3, -0.25) is 0 Å². The van der Waals surface area contributed by atoms with Crippen LogP contribution in [0.15, 0.2) is 24.3 Å². The highest BCUT2D eigenvalue weighted by atomic mass is 16.3. The van der Waals surface area contributed by atoms with Crippen LogP contribution in [0.25, 0.3) is 0 Å². The minimum absolute atomic E-state index is 0.131. The summed E-state index contributed by atoms with van der Waals surface area (Å²) in [5, 5.41) is 21.6. The lowest BCUT2D eigenvalue weighted by Gasteiger charge is -2.31. The molecule has 0 radical (unpaired) electrons. The van der Waals surface area contributed by atoms with Crippen LogP contribution in [0.2, 0.25) is 0 Å². The zero-order valence-corrected chi connectivity index (χ0v) is 8.90. The van der Waals surface area contributed by atoms with Crippen molar-refractivity contribution in [1.29, 1.82) is 0 Å². The van der Waals surface area contributed by atoms with Crippen LogP contribution in [-0.2, 0) is 0 Å². The zero-order valence-electron chi connectivity index (χ0n) is 8.90. The third kappa shape index (κ3) is 2.61. The number of nitrogens with two attached hydrogens (primary N) is 1. The van der Waals surface area contributed by atoms with Crippen LogP contribution >= 0.6 is 0 Å². The van der Waals surface area contributed by atoms with E-state index in [1.54, 1.807) is 6.07 Å². The second kappa shape index (κ2) is 5.00. The first kappa shape index (κ1) is 11.8. The number of benzene rings is 1. The molecule has 0 heterocycles. The Kier molecular flexibility index (Phi) is 3.94. The van der Waals surface area contributed by atoms with Gasteiger partial charge in [-0.25, -0.2) is 0 Å². The van der Waals surface area contributed by atoms with Gasteiger partial charge in [0.05, 0.1) is 30.1 Å². The van der Waals surface area contributed by atoms with Crippen molar-refractivity contribution in [3.05, 3.63) is 24.3 Å². The first-order valence-corrected chi connectivity index (χ1v) is 5.02. The Balaban J connectivity index is 2.88. The Morgan fingerprint density at radius 2 is 1.87 bits per heavy atom. The molecule has 15 heavy (non-hydrogen) atoms. The third-order valence-corrected chi connectivity index (χ3v) is 2.64. The van der Waals surface area contributed by atoms with E-state index in [-0.39, 0.29) is 13.2 Å². The summed E-state index contributed by atoms with van der Waals surface area (Å²) >= 11 is 0. The molecule has 0 spiro atoms. The molecule has 1 aromatic rings. The Morgan fingerprint density at radius 3 is 2.33 bits per heavy atom. The Morgan fingerprint density at radius 1 is 1.27 bits per heavy atom. The SMILES string of the molecule is CCC(CO)(CO)Nc1ccccc1N. The van der Waals surface area contributed by atoms with E-state index in [1.165, 1.54) is 0 Å². The smallest absolute Gasteiger partial charge is 0.0832 e. The highest BCUT2D eigenvalue weighted by Gasteiger charge is 2.26. The van der Waals surface area contributed by atoms with E-state index >= 15 is 0 Å². The first-order valence-electron chi connectivity index (χ1n) is 5.02. The number of aliphatic hydroxyl groups is 2. The number of anilines is 2. The molecule has 0 amide bonds. The molecule has 0 atom stereocenters. The number of nitrogens with one attached hydrogen (secondary N) is 1. The molecule has 4 nitrogen and oxygen atoms in total. The summed E-state index contributed by atoms with van der Waals surface area (Å²) < 4.78 is 0. The number of aliphatic hydroxyl groups excluding tert-OH is 2. The molecular weight excluding hydrogens is 192 g/mol. The molecule has 1 rings (SSSR count). The zero-order chi connectivity index (χ0) is 11.3. The van der Waals surface area contributed by atoms with Crippen molar-refractivity contribution < 1.29 is 10.2 Å². The van der Waals surface area contributed by atoms with Gasteiger partial charge in [-0.15, -0.1) is 0 Å². The fourth-order valence-electron chi connectivity index (χ4n) is 1.34. The molecule has 0 aliphatic carbocycles. The lowest BCUT2D eigenvalue weighted by Crippen LogP contribution is -2.45. The predicted octanol–water partition coefficient (Wildman–Crippen LogP) is 0.814. The maximum Gasteiger partial charge on any atom is 0.0832 e. The topological polar surface area (TPSA) is 78.5 Å². The van der Waals surface area contributed by atoms with Gasteiger partial charge in [0.25, 0.3) is 0 Å². The van der Waals surface area contributed by atoms with E-state index in [2.05, 4.69) is 5.32 Å². The van der Waals surface area contributed by atoms with Crippen LogP contribution in [0.4, 0.5) is 11.4 Å². The van der Waals surface area contributed by atoms with Gasteiger partial charge in [0.1, 0.15) is 0 Å². The number of nitrogen functional groups attached to an aromatic ring is 1. The van der Waals surface area contributed by atoms with E-state index < -0.39 is 5.54 Å². The average molecular weight is 210 g/mol. The molecule has 0 aromatic heterocycles. The number of para-hydroxylation sites is 2. The molecule has 0 saturated carbocycles. The highest BCUT2D eigenvalue weighted by molar-refractivity contribution is 5.66. The van der Waals surface area contributed by atoms with Gasteiger partial charge >= 0.3 is 0 Å². The average Bonchev–Trinajstić information content (AvgIpc) is 2.29. The summed E-state index contributed by atoms with van der Waals surface area (Å²) in [5.41, 5.74) is 6.41. The van der Waals surface area contributed by atoms with E-state index in [0.29, 0.717) is 12.1 Å². The monoisotopic (exact) mass is 210 g/mol. The van der Waals surface area contributed by atoms with Crippen LogP contribution < -0.4 is 11.1 Å². The number of hydrogen-bond acceptors (Lipinski definition) is 4. The van der Waals surface area contributed by atoms with Crippen molar-refractivity contribution >= 4 is 11.4 Å². The molecule has 0 unspecified atom stereocenters. The van der Waals surface area contributed by atoms with Crippen molar-refractivity contribution in [3.63, 3.8) is 0 Å². The summed E-state index contributed by atoms with van der Waals surface area (Å²) in [6.45, 7) is 1.64. The Labute approximate surface area is 89.7 Å². The predicted molar refractivity (Wildman–Crippen MR) is 61.7 cm³/mol. The molecule has 0 bridgehead atoms. The van der Waals surface area contributed by atoms with Crippen LogP contribution in [0.3, 0.4) is 0 Å². The fraction of sp³-hybridized carbons (Fsp3) is 0.455. The Bertz CT molecular complexity index is 303. The molecule has 0 saturated heterocycles. The maximum atomic E-state index is 9.27. The maximum absolute atomic E-state index is 9.27. The fourth-order valence-corrected chi connectivity index (χ4v) is 1.34. The van der Waals surface area contributed by atoms with Crippen LogP contribution in [-0.4, -0.2) is 29.0 Å². The standard InChI is InChI=1S/C11H18N2O2/c1-2-11(7-14,8-15)13-10-6-4-3-5-9(10)12/h3-6,13-15H,2,7-8,12H2,1H3. The van der Waals surface area contributed by atoms with Gasteiger partial charge in [-0.05, 0) is 18.6 Å². The first-order chi connectivity index (χ1) is 7.17. The van der Waals surface area contributed by atoms with Gasteiger partial charge in [-0.2, -0.15) is 0 Å². The summed E-state index contributed by atoms with van der Waals surface area (Å²) in [6, 6.07) is 7.29. The summed E-state index contributed by atoms with van der Waals surface area (Å²) in [5.74, 6) is 0.